The Balaban J connectivity index is 2.30. The van der Waals surface area contributed by atoms with Gasteiger partial charge in [0.15, 0.2) is 17.5 Å². The van der Waals surface area contributed by atoms with Crippen molar-refractivity contribution >= 4 is 16.6 Å². The monoisotopic (exact) mass is 266 g/mol. The number of hydrogen-bond donors (Lipinski definition) is 1. The van der Waals surface area contributed by atoms with Crippen molar-refractivity contribution in [3.05, 3.63) is 35.3 Å². The zero-order valence-corrected chi connectivity index (χ0v) is 10.4. The summed E-state index contributed by atoms with van der Waals surface area (Å²) in [5, 5.41) is 3.33. The van der Waals surface area contributed by atoms with Gasteiger partial charge in [-0.05, 0) is 31.9 Å². The molecule has 0 aliphatic heterocycles. The summed E-state index contributed by atoms with van der Waals surface area (Å²) in [5.74, 6) is -3.55. The van der Waals surface area contributed by atoms with E-state index in [-0.39, 0.29) is 10.9 Å². The Morgan fingerprint density at radius 2 is 1.95 bits per heavy atom. The number of benzene rings is 1. The van der Waals surface area contributed by atoms with Gasteiger partial charge in [0, 0.05) is 29.2 Å². The summed E-state index contributed by atoms with van der Waals surface area (Å²) in [5.41, 5.74) is 1.25. The maximum Gasteiger partial charge on any atom is 0.196 e. The van der Waals surface area contributed by atoms with Gasteiger partial charge in [0.25, 0.3) is 0 Å². The predicted molar refractivity (Wildman–Crippen MR) is 67.8 cm³/mol. The molecule has 1 saturated carbocycles. The van der Waals surface area contributed by atoms with Crippen molar-refractivity contribution in [1.29, 1.82) is 0 Å². The third kappa shape index (κ3) is 2.03. The third-order valence-corrected chi connectivity index (χ3v) is 3.32. The molecule has 1 N–H and O–H groups in total. The molecule has 0 atom stereocenters. The lowest BCUT2D eigenvalue weighted by molar-refractivity contribution is 0.452. The average Bonchev–Trinajstić information content (AvgIpc) is 3.21. The molecule has 0 saturated heterocycles. The number of nitrogens with one attached hydrogen (secondary N) is 1. The first kappa shape index (κ1) is 12.3. The molecule has 1 fully saturated rings. The van der Waals surface area contributed by atoms with E-state index in [9.17, 15) is 13.2 Å². The highest BCUT2D eigenvalue weighted by Gasteiger charge is 2.27. The van der Waals surface area contributed by atoms with E-state index in [2.05, 4.69) is 10.3 Å². The van der Waals surface area contributed by atoms with Crippen LogP contribution >= 0.6 is 0 Å². The molecule has 0 unspecified atom stereocenters. The molecule has 3 rings (SSSR count). The van der Waals surface area contributed by atoms with Crippen molar-refractivity contribution in [2.75, 3.05) is 11.9 Å². The van der Waals surface area contributed by atoms with Crippen LogP contribution in [0.25, 0.3) is 10.9 Å². The molecule has 1 aromatic heterocycles. The minimum Gasteiger partial charge on any atom is -0.385 e. The SMILES string of the molecule is CCNc1cc(C2CC2)nc2c(F)c(F)c(F)cc12. The van der Waals surface area contributed by atoms with Gasteiger partial charge in [-0.25, -0.2) is 18.2 Å². The Hall–Kier alpha value is -1.78. The van der Waals surface area contributed by atoms with E-state index in [1.54, 1.807) is 6.07 Å². The van der Waals surface area contributed by atoms with Crippen molar-refractivity contribution in [1.82, 2.24) is 4.98 Å². The topological polar surface area (TPSA) is 24.9 Å². The summed E-state index contributed by atoms with van der Waals surface area (Å²) in [6.07, 6.45) is 2.02. The first-order valence-electron chi connectivity index (χ1n) is 6.33. The summed E-state index contributed by atoms with van der Waals surface area (Å²) in [6.45, 7) is 2.50. The van der Waals surface area contributed by atoms with Crippen LogP contribution in [0.1, 0.15) is 31.4 Å². The maximum absolute atomic E-state index is 13.8. The van der Waals surface area contributed by atoms with E-state index in [1.807, 2.05) is 6.92 Å². The Kier molecular flexibility index (Phi) is 2.84. The van der Waals surface area contributed by atoms with E-state index in [0.29, 0.717) is 18.2 Å². The van der Waals surface area contributed by atoms with Crippen LogP contribution in [-0.4, -0.2) is 11.5 Å². The number of halogens is 3. The average molecular weight is 266 g/mol. The van der Waals surface area contributed by atoms with Crippen LogP contribution in [-0.2, 0) is 0 Å². The van der Waals surface area contributed by atoms with Crippen molar-refractivity contribution in [3.63, 3.8) is 0 Å². The molecule has 2 aromatic rings. The Morgan fingerprint density at radius 3 is 2.58 bits per heavy atom. The lowest BCUT2D eigenvalue weighted by atomic mass is 10.1. The fraction of sp³-hybridized carbons (Fsp3) is 0.357. The summed E-state index contributed by atoms with van der Waals surface area (Å²) in [6, 6.07) is 2.80. The van der Waals surface area contributed by atoms with E-state index < -0.39 is 17.5 Å². The fourth-order valence-corrected chi connectivity index (χ4v) is 2.21. The van der Waals surface area contributed by atoms with Crippen molar-refractivity contribution < 1.29 is 13.2 Å². The molecule has 1 heterocycles. The van der Waals surface area contributed by atoms with E-state index in [0.717, 1.165) is 24.6 Å². The number of aromatic nitrogens is 1. The molecular weight excluding hydrogens is 253 g/mol. The number of fused-ring (bicyclic) bond motifs is 1. The van der Waals surface area contributed by atoms with E-state index >= 15 is 0 Å². The smallest absolute Gasteiger partial charge is 0.196 e. The number of hydrogen-bond acceptors (Lipinski definition) is 2. The quantitative estimate of drug-likeness (QED) is 0.850. The van der Waals surface area contributed by atoms with Crippen molar-refractivity contribution in [2.24, 2.45) is 0 Å². The molecule has 19 heavy (non-hydrogen) atoms. The molecule has 0 spiro atoms. The van der Waals surface area contributed by atoms with Crippen LogP contribution in [0.15, 0.2) is 12.1 Å². The van der Waals surface area contributed by atoms with Crippen LogP contribution in [0.3, 0.4) is 0 Å². The molecule has 1 aromatic carbocycles. The fourth-order valence-electron chi connectivity index (χ4n) is 2.21. The van der Waals surface area contributed by atoms with Gasteiger partial charge in [-0.2, -0.15) is 0 Å². The normalized spacial score (nSPS) is 14.9. The number of anilines is 1. The summed E-state index contributed by atoms with van der Waals surface area (Å²) in [7, 11) is 0. The summed E-state index contributed by atoms with van der Waals surface area (Å²) in [4.78, 5) is 4.16. The predicted octanol–water partition coefficient (Wildman–Crippen LogP) is 3.96. The molecule has 2 nitrogen and oxygen atoms in total. The summed E-state index contributed by atoms with van der Waals surface area (Å²) < 4.78 is 40.5. The minimum atomic E-state index is -1.46. The molecule has 0 amide bonds. The molecule has 1 aliphatic carbocycles. The van der Waals surface area contributed by atoms with Gasteiger partial charge in [-0.1, -0.05) is 0 Å². The van der Waals surface area contributed by atoms with Crippen LogP contribution in [0.2, 0.25) is 0 Å². The van der Waals surface area contributed by atoms with Crippen LogP contribution in [0.4, 0.5) is 18.9 Å². The second-order valence-electron chi connectivity index (χ2n) is 4.78. The van der Waals surface area contributed by atoms with Gasteiger partial charge in [0.2, 0.25) is 0 Å². The van der Waals surface area contributed by atoms with Gasteiger partial charge < -0.3 is 5.32 Å². The largest absolute Gasteiger partial charge is 0.385 e. The standard InChI is InChI=1S/C14H13F3N2/c1-2-18-11-6-10(7-3-4-7)19-14-8(11)5-9(15)12(16)13(14)17/h5-7H,2-4H2,1H3,(H,18,19). The molecule has 5 heteroatoms. The van der Waals surface area contributed by atoms with Gasteiger partial charge in [0.1, 0.15) is 5.52 Å². The first-order chi connectivity index (χ1) is 9.11. The van der Waals surface area contributed by atoms with E-state index in [4.69, 9.17) is 0 Å². The van der Waals surface area contributed by atoms with Crippen molar-refractivity contribution in [3.8, 4) is 0 Å². The highest BCUT2D eigenvalue weighted by atomic mass is 19.2. The van der Waals surface area contributed by atoms with Crippen LogP contribution < -0.4 is 5.32 Å². The van der Waals surface area contributed by atoms with E-state index in [1.165, 1.54) is 0 Å². The third-order valence-electron chi connectivity index (χ3n) is 3.32. The lowest BCUT2D eigenvalue weighted by Crippen LogP contribution is -2.03. The highest BCUT2D eigenvalue weighted by Crippen LogP contribution is 2.41. The summed E-state index contributed by atoms with van der Waals surface area (Å²) >= 11 is 0. The first-order valence-corrected chi connectivity index (χ1v) is 6.33. The number of pyridine rings is 1. The van der Waals surface area contributed by atoms with Crippen LogP contribution in [0, 0.1) is 17.5 Å². The number of rotatable bonds is 3. The van der Waals surface area contributed by atoms with Gasteiger partial charge >= 0.3 is 0 Å². The van der Waals surface area contributed by atoms with Crippen LogP contribution in [0.5, 0.6) is 0 Å². The van der Waals surface area contributed by atoms with Gasteiger partial charge in [-0.15, -0.1) is 0 Å². The van der Waals surface area contributed by atoms with Gasteiger partial charge in [-0.3, -0.25) is 0 Å². The lowest BCUT2D eigenvalue weighted by Gasteiger charge is -2.11. The molecule has 1 aliphatic rings. The maximum atomic E-state index is 13.8. The van der Waals surface area contributed by atoms with Crippen molar-refractivity contribution in [2.45, 2.75) is 25.7 Å². The Bertz CT molecular complexity index is 651. The van der Waals surface area contributed by atoms with Gasteiger partial charge in [0.05, 0.1) is 0 Å². The number of nitrogens with zero attached hydrogens (tertiary/aromatic N) is 1. The minimum absolute atomic E-state index is 0.0979. The Labute approximate surface area is 108 Å². The molecular formula is C14H13F3N2. The second kappa shape index (κ2) is 4.40. The zero-order valence-electron chi connectivity index (χ0n) is 10.4. The Morgan fingerprint density at radius 1 is 1.21 bits per heavy atom. The second-order valence-corrected chi connectivity index (χ2v) is 4.78. The molecule has 0 radical (unpaired) electrons. The molecule has 100 valence electrons. The molecule has 0 bridgehead atoms. The zero-order chi connectivity index (χ0) is 13.6. The highest BCUT2D eigenvalue weighted by molar-refractivity contribution is 5.92.